The van der Waals surface area contributed by atoms with Gasteiger partial charge in [-0.05, 0) is 44.7 Å². The van der Waals surface area contributed by atoms with Crippen LogP contribution in [0.15, 0.2) is 0 Å². The highest BCUT2D eigenvalue weighted by atomic mass is 15.1. The maximum absolute atomic E-state index is 3.78. The van der Waals surface area contributed by atoms with Gasteiger partial charge in [0.2, 0.25) is 0 Å². The average Bonchev–Trinajstić information content (AvgIpc) is 2.58. The van der Waals surface area contributed by atoms with Crippen LogP contribution in [0, 0.1) is 5.92 Å². The molecule has 1 aliphatic heterocycles. The van der Waals surface area contributed by atoms with Crippen LogP contribution in [0.4, 0.5) is 0 Å². The molecule has 1 saturated heterocycles. The van der Waals surface area contributed by atoms with Crippen molar-refractivity contribution in [3.05, 3.63) is 0 Å². The van der Waals surface area contributed by atoms with E-state index in [4.69, 9.17) is 0 Å². The number of rotatable bonds is 4. The first-order valence-electron chi connectivity index (χ1n) is 7.80. The average molecular weight is 238 g/mol. The molecule has 2 rings (SSSR count). The van der Waals surface area contributed by atoms with Gasteiger partial charge in [0.1, 0.15) is 0 Å². The predicted octanol–water partition coefficient (Wildman–Crippen LogP) is 3.03. The first-order valence-corrected chi connectivity index (χ1v) is 7.80. The number of nitrogens with one attached hydrogen (secondary N) is 1. The van der Waals surface area contributed by atoms with Gasteiger partial charge in [-0.1, -0.05) is 32.6 Å². The van der Waals surface area contributed by atoms with Gasteiger partial charge in [-0.2, -0.15) is 0 Å². The van der Waals surface area contributed by atoms with Crippen molar-refractivity contribution >= 4 is 0 Å². The summed E-state index contributed by atoms with van der Waals surface area (Å²) in [4.78, 5) is 2.66. The quantitative estimate of drug-likeness (QED) is 0.810. The monoisotopic (exact) mass is 238 g/mol. The van der Waals surface area contributed by atoms with E-state index in [1.165, 1.54) is 77.5 Å². The molecule has 0 aromatic heterocycles. The lowest BCUT2D eigenvalue weighted by Gasteiger charge is -2.29. The second-order valence-electron chi connectivity index (χ2n) is 6.18. The number of likely N-dealkylation sites (tertiary alicyclic amines) is 1. The Labute approximate surface area is 107 Å². The van der Waals surface area contributed by atoms with Crippen LogP contribution in [0.2, 0.25) is 0 Å². The van der Waals surface area contributed by atoms with Crippen molar-refractivity contribution in [1.82, 2.24) is 10.2 Å². The summed E-state index contributed by atoms with van der Waals surface area (Å²) in [6.45, 7) is 7.55. The van der Waals surface area contributed by atoms with Gasteiger partial charge in [-0.15, -0.1) is 0 Å². The van der Waals surface area contributed by atoms with Crippen LogP contribution in [-0.4, -0.2) is 37.1 Å². The van der Waals surface area contributed by atoms with Gasteiger partial charge >= 0.3 is 0 Å². The standard InChI is InChI=1S/C15H30N2/c1-14-7-6-8-15(13-14)16-9-12-17-10-4-2-3-5-11-17/h14-16H,2-13H2,1H3. The Balaban J connectivity index is 1.58. The van der Waals surface area contributed by atoms with Crippen LogP contribution in [0.5, 0.6) is 0 Å². The highest BCUT2D eigenvalue weighted by molar-refractivity contribution is 4.76. The topological polar surface area (TPSA) is 15.3 Å². The Bertz CT molecular complexity index is 195. The van der Waals surface area contributed by atoms with Crippen LogP contribution in [0.25, 0.3) is 0 Å². The molecule has 0 bridgehead atoms. The van der Waals surface area contributed by atoms with E-state index in [0.717, 1.165) is 12.0 Å². The summed E-state index contributed by atoms with van der Waals surface area (Å²) >= 11 is 0. The minimum absolute atomic E-state index is 0.811. The van der Waals surface area contributed by atoms with Crippen molar-refractivity contribution < 1.29 is 0 Å². The zero-order valence-electron chi connectivity index (χ0n) is 11.6. The molecule has 1 N–H and O–H groups in total. The first kappa shape index (κ1) is 13.4. The fourth-order valence-electron chi connectivity index (χ4n) is 3.41. The lowest BCUT2D eigenvalue weighted by molar-refractivity contribution is 0.257. The zero-order valence-corrected chi connectivity index (χ0v) is 11.6. The molecule has 1 saturated carbocycles. The van der Waals surface area contributed by atoms with Crippen LogP contribution in [0.1, 0.15) is 58.3 Å². The van der Waals surface area contributed by atoms with Gasteiger partial charge in [0.05, 0.1) is 0 Å². The molecule has 1 heterocycles. The second kappa shape index (κ2) is 7.38. The third-order valence-corrected chi connectivity index (χ3v) is 4.50. The summed E-state index contributed by atoms with van der Waals surface area (Å²) in [6, 6.07) is 0.811. The van der Waals surface area contributed by atoms with Crippen molar-refractivity contribution in [3.63, 3.8) is 0 Å². The SMILES string of the molecule is CC1CCCC(NCCN2CCCCCC2)C1. The Hall–Kier alpha value is -0.0800. The van der Waals surface area contributed by atoms with Crippen LogP contribution < -0.4 is 5.32 Å². The molecule has 2 heteroatoms. The van der Waals surface area contributed by atoms with Crippen molar-refractivity contribution in [2.24, 2.45) is 5.92 Å². The van der Waals surface area contributed by atoms with Crippen LogP contribution in [0.3, 0.4) is 0 Å². The fraction of sp³-hybridized carbons (Fsp3) is 1.00. The number of nitrogens with zero attached hydrogens (tertiary/aromatic N) is 1. The first-order chi connectivity index (χ1) is 8.34. The van der Waals surface area contributed by atoms with Crippen molar-refractivity contribution in [2.45, 2.75) is 64.3 Å². The van der Waals surface area contributed by atoms with Gasteiger partial charge in [0, 0.05) is 19.1 Å². The maximum Gasteiger partial charge on any atom is 0.0107 e. The molecule has 100 valence electrons. The van der Waals surface area contributed by atoms with Crippen LogP contribution in [-0.2, 0) is 0 Å². The van der Waals surface area contributed by atoms with Gasteiger partial charge in [0.25, 0.3) is 0 Å². The largest absolute Gasteiger partial charge is 0.313 e. The Morgan fingerprint density at radius 3 is 2.47 bits per heavy atom. The third-order valence-electron chi connectivity index (χ3n) is 4.50. The van der Waals surface area contributed by atoms with E-state index in [2.05, 4.69) is 17.1 Å². The van der Waals surface area contributed by atoms with E-state index in [9.17, 15) is 0 Å². The second-order valence-corrected chi connectivity index (χ2v) is 6.18. The molecule has 0 amide bonds. The van der Waals surface area contributed by atoms with E-state index >= 15 is 0 Å². The van der Waals surface area contributed by atoms with Gasteiger partial charge in [-0.25, -0.2) is 0 Å². The molecule has 2 nitrogen and oxygen atoms in total. The van der Waals surface area contributed by atoms with Gasteiger partial charge in [-0.3, -0.25) is 0 Å². The summed E-state index contributed by atoms with van der Waals surface area (Å²) in [7, 11) is 0. The Kier molecular flexibility index (Phi) is 5.79. The molecule has 2 aliphatic rings. The minimum Gasteiger partial charge on any atom is -0.313 e. The van der Waals surface area contributed by atoms with E-state index in [-0.39, 0.29) is 0 Å². The summed E-state index contributed by atoms with van der Waals surface area (Å²) in [5.74, 6) is 0.944. The van der Waals surface area contributed by atoms with E-state index in [1.54, 1.807) is 0 Å². The summed E-state index contributed by atoms with van der Waals surface area (Å²) in [6.07, 6.45) is 11.4. The lowest BCUT2D eigenvalue weighted by atomic mass is 9.87. The van der Waals surface area contributed by atoms with E-state index < -0.39 is 0 Å². The maximum atomic E-state index is 3.78. The molecule has 2 atom stereocenters. The number of hydrogen-bond donors (Lipinski definition) is 1. The molecular weight excluding hydrogens is 208 g/mol. The summed E-state index contributed by atoms with van der Waals surface area (Å²) in [5.41, 5.74) is 0. The van der Waals surface area contributed by atoms with E-state index in [0.29, 0.717) is 0 Å². The third kappa shape index (κ3) is 4.97. The zero-order chi connectivity index (χ0) is 11.9. The Morgan fingerprint density at radius 1 is 1.00 bits per heavy atom. The molecule has 2 fully saturated rings. The highest BCUT2D eigenvalue weighted by Crippen LogP contribution is 2.23. The molecule has 2 unspecified atom stereocenters. The molecule has 1 aliphatic carbocycles. The van der Waals surface area contributed by atoms with E-state index in [1.807, 2.05) is 0 Å². The molecule has 0 spiro atoms. The lowest BCUT2D eigenvalue weighted by Crippen LogP contribution is -2.39. The summed E-state index contributed by atoms with van der Waals surface area (Å²) < 4.78 is 0. The van der Waals surface area contributed by atoms with Crippen molar-refractivity contribution in [1.29, 1.82) is 0 Å². The summed E-state index contributed by atoms with van der Waals surface area (Å²) in [5, 5.41) is 3.78. The highest BCUT2D eigenvalue weighted by Gasteiger charge is 2.18. The number of hydrogen-bond acceptors (Lipinski definition) is 2. The molecule has 0 aromatic carbocycles. The minimum atomic E-state index is 0.811. The van der Waals surface area contributed by atoms with Gasteiger partial charge < -0.3 is 10.2 Å². The smallest absolute Gasteiger partial charge is 0.0107 e. The molecule has 0 aromatic rings. The van der Waals surface area contributed by atoms with Gasteiger partial charge in [0.15, 0.2) is 0 Å². The predicted molar refractivity (Wildman–Crippen MR) is 74.3 cm³/mol. The van der Waals surface area contributed by atoms with Crippen molar-refractivity contribution in [3.8, 4) is 0 Å². The molecular formula is C15H30N2. The Morgan fingerprint density at radius 2 is 1.76 bits per heavy atom. The van der Waals surface area contributed by atoms with Crippen LogP contribution >= 0.6 is 0 Å². The van der Waals surface area contributed by atoms with Crippen molar-refractivity contribution in [2.75, 3.05) is 26.2 Å². The molecule has 17 heavy (non-hydrogen) atoms. The molecule has 0 radical (unpaired) electrons. The normalized spacial score (nSPS) is 32.3. The fourth-order valence-corrected chi connectivity index (χ4v) is 3.41.